The molecule has 1 aromatic carbocycles. The molecule has 0 aliphatic rings. The molecule has 90 valence electrons. The summed E-state index contributed by atoms with van der Waals surface area (Å²) in [6.45, 7) is 2.65. The third kappa shape index (κ3) is 2.58. The second-order valence-electron chi connectivity index (χ2n) is 4.03. The van der Waals surface area contributed by atoms with Crippen LogP contribution in [0.4, 0.5) is 11.4 Å². The Labute approximate surface area is 106 Å². The highest BCUT2D eigenvalue weighted by atomic mass is 14.9. The molecule has 0 aliphatic heterocycles. The average molecular weight is 238 g/mol. The van der Waals surface area contributed by atoms with Crippen LogP contribution in [-0.2, 0) is 6.54 Å². The van der Waals surface area contributed by atoms with Crippen molar-refractivity contribution in [1.82, 2.24) is 4.98 Å². The van der Waals surface area contributed by atoms with Gasteiger partial charge in [-0.1, -0.05) is 6.07 Å². The van der Waals surface area contributed by atoms with Crippen LogP contribution < -0.4 is 11.1 Å². The lowest BCUT2D eigenvalue weighted by Gasteiger charge is -2.09. The molecule has 2 rings (SSSR count). The summed E-state index contributed by atoms with van der Waals surface area (Å²) in [7, 11) is 0. The largest absolute Gasteiger partial charge is 0.398 e. The van der Waals surface area contributed by atoms with E-state index in [2.05, 4.69) is 16.4 Å². The third-order valence-corrected chi connectivity index (χ3v) is 2.75. The maximum atomic E-state index is 8.90. The molecule has 4 nitrogen and oxygen atoms in total. The molecule has 2 aromatic rings. The number of nitrogens with one attached hydrogen (secondary N) is 1. The number of nitrogen functional groups attached to an aromatic ring is 1. The summed E-state index contributed by atoms with van der Waals surface area (Å²) in [6, 6.07) is 11.3. The molecule has 0 spiro atoms. The molecule has 0 radical (unpaired) electrons. The molecule has 4 heteroatoms. The van der Waals surface area contributed by atoms with E-state index in [9.17, 15) is 0 Å². The molecule has 18 heavy (non-hydrogen) atoms. The van der Waals surface area contributed by atoms with Crippen LogP contribution in [0.3, 0.4) is 0 Å². The van der Waals surface area contributed by atoms with Crippen molar-refractivity contribution < 1.29 is 0 Å². The molecule has 0 atom stereocenters. The van der Waals surface area contributed by atoms with Gasteiger partial charge in [-0.15, -0.1) is 0 Å². The van der Waals surface area contributed by atoms with E-state index in [1.807, 2.05) is 25.1 Å². The lowest BCUT2D eigenvalue weighted by molar-refractivity contribution is 1.02. The molecule has 0 unspecified atom stereocenters. The smallest absolute Gasteiger partial charge is 0.101 e. The van der Waals surface area contributed by atoms with Crippen LogP contribution in [0.25, 0.3) is 0 Å². The van der Waals surface area contributed by atoms with Gasteiger partial charge in [-0.05, 0) is 36.8 Å². The van der Waals surface area contributed by atoms with Crippen molar-refractivity contribution in [1.29, 1.82) is 5.26 Å². The van der Waals surface area contributed by atoms with E-state index in [1.165, 1.54) is 0 Å². The maximum Gasteiger partial charge on any atom is 0.101 e. The number of pyridine rings is 1. The van der Waals surface area contributed by atoms with Crippen LogP contribution in [0.15, 0.2) is 36.5 Å². The van der Waals surface area contributed by atoms with Crippen LogP contribution in [0.1, 0.15) is 16.8 Å². The van der Waals surface area contributed by atoms with Crippen molar-refractivity contribution in [3.8, 4) is 6.07 Å². The summed E-state index contributed by atoms with van der Waals surface area (Å²) >= 11 is 0. The molecule has 3 N–H and O–H groups in total. The fraction of sp³-hybridized carbons (Fsp3) is 0.143. The number of nitriles is 1. The fourth-order valence-corrected chi connectivity index (χ4v) is 1.65. The minimum Gasteiger partial charge on any atom is -0.398 e. The van der Waals surface area contributed by atoms with Crippen molar-refractivity contribution in [2.45, 2.75) is 13.5 Å². The van der Waals surface area contributed by atoms with Crippen molar-refractivity contribution in [3.63, 3.8) is 0 Å². The summed E-state index contributed by atoms with van der Waals surface area (Å²) in [5, 5.41) is 12.1. The second kappa shape index (κ2) is 5.19. The van der Waals surface area contributed by atoms with Crippen LogP contribution in [0.5, 0.6) is 0 Å². The predicted octanol–water partition coefficient (Wildman–Crippen LogP) is 2.46. The Morgan fingerprint density at radius 3 is 2.94 bits per heavy atom. The molecule has 1 heterocycles. The van der Waals surface area contributed by atoms with Crippen molar-refractivity contribution >= 4 is 11.4 Å². The first-order valence-corrected chi connectivity index (χ1v) is 5.64. The third-order valence-electron chi connectivity index (χ3n) is 2.75. The lowest BCUT2D eigenvalue weighted by atomic mass is 10.1. The zero-order valence-corrected chi connectivity index (χ0v) is 10.1. The minimum atomic E-state index is 0.484. The quantitative estimate of drug-likeness (QED) is 0.805. The zero-order chi connectivity index (χ0) is 13.0. The first-order valence-electron chi connectivity index (χ1n) is 5.64. The molecular formula is C14H14N4. The van der Waals surface area contributed by atoms with E-state index in [4.69, 9.17) is 11.0 Å². The normalized spacial score (nSPS) is 9.78. The van der Waals surface area contributed by atoms with Gasteiger partial charge in [0.2, 0.25) is 0 Å². The minimum absolute atomic E-state index is 0.484. The number of benzene rings is 1. The van der Waals surface area contributed by atoms with Gasteiger partial charge in [0.05, 0.1) is 17.8 Å². The molecule has 0 bridgehead atoms. The molecule has 1 aromatic heterocycles. The van der Waals surface area contributed by atoms with Crippen LogP contribution in [0, 0.1) is 18.3 Å². The van der Waals surface area contributed by atoms with Crippen molar-refractivity contribution in [2.75, 3.05) is 11.1 Å². The van der Waals surface area contributed by atoms with Gasteiger partial charge in [0.1, 0.15) is 6.07 Å². The van der Waals surface area contributed by atoms with Gasteiger partial charge in [0.15, 0.2) is 0 Å². The number of nitrogens with two attached hydrogens (primary N) is 1. The van der Waals surface area contributed by atoms with E-state index < -0.39 is 0 Å². The Morgan fingerprint density at radius 1 is 1.39 bits per heavy atom. The summed E-state index contributed by atoms with van der Waals surface area (Å²) in [6.07, 6.45) is 1.77. The summed E-state index contributed by atoms with van der Waals surface area (Å²) in [4.78, 5) is 4.30. The van der Waals surface area contributed by atoms with Crippen LogP contribution >= 0.6 is 0 Å². The maximum absolute atomic E-state index is 8.90. The van der Waals surface area contributed by atoms with Crippen LogP contribution in [0.2, 0.25) is 0 Å². The van der Waals surface area contributed by atoms with Gasteiger partial charge >= 0.3 is 0 Å². The van der Waals surface area contributed by atoms with Gasteiger partial charge in [-0.2, -0.15) is 5.26 Å². The van der Waals surface area contributed by atoms with E-state index in [0.29, 0.717) is 17.8 Å². The fourth-order valence-electron chi connectivity index (χ4n) is 1.65. The van der Waals surface area contributed by atoms with Gasteiger partial charge in [0.25, 0.3) is 0 Å². The van der Waals surface area contributed by atoms with E-state index in [-0.39, 0.29) is 0 Å². The number of aryl methyl sites for hydroxylation is 1. The Bertz CT molecular complexity index is 599. The molecule has 0 aliphatic carbocycles. The Hall–Kier alpha value is -2.54. The van der Waals surface area contributed by atoms with Gasteiger partial charge < -0.3 is 11.1 Å². The van der Waals surface area contributed by atoms with E-state index in [0.717, 1.165) is 16.9 Å². The lowest BCUT2D eigenvalue weighted by Crippen LogP contribution is -2.04. The first-order chi connectivity index (χ1) is 8.70. The molecular weight excluding hydrogens is 224 g/mol. The Morgan fingerprint density at radius 2 is 2.22 bits per heavy atom. The standard InChI is InChI=1S/C14H14N4/c1-10-3-2-6-17-14(10)9-18-12-4-5-13(16)11(7-12)8-15/h2-7,18H,9,16H2,1H3. The molecule has 0 amide bonds. The van der Waals surface area contributed by atoms with E-state index in [1.54, 1.807) is 18.3 Å². The average Bonchev–Trinajstić information content (AvgIpc) is 2.39. The Balaban J connectivity index is 2.12. The SMILES string of the molecule is Cc1cccnc1CNc1ccc(N)c(C#N)c1. The van der Waals surface area contributed by atoms with Crippen molar-refractivity contribution in [2.24, 2.45) is 0 Å². The number of nitrogens with zero attached hydrogens (tertiary/aromatic N) is 2. The highest BCUT2D eigenvalue weighted by molar-refractivity contribution is 5.61. The summed E-state index contributed by atoms with van der Waals surface area (Å²) < 4.78 is 0. The number of hydrogen-bond donors (Lipinski definition) is 2. The number of aromatic nitrogens is 1. The van der Waals surface area contributed by atoms with E-state index >= 15 is 0 Å². The molecule has 0 saturated carbocycles. The van der Waals surface area contributed by atoms with Crippen LogP contribution in [-0.4, -0.2) is 4.98 Å². The van der Waals surface area contributed by atoms with Gasteiger partial charge in [0, 0.05) is 17.6 Å². The first kappa shape index (κ1) is 11.9. The number of anilines is 2. The highest BCUT2D eigenvalue weighted by Gasteiger charge is 2.02. The molecule has 0 fully saturated rings. The van der Waals surface area contributed by atoms with Crippen molar-refractivity contribution in [3.05, 3.63) is 53.3 Å². The summed E-state index contributed by atoms with van der Waals surface area (Å²) in [5.74, 6) is 0. The topological polar surface area (TPSA) is 74.7 Å². The monoisotopic (exact) mass is 238 g/mol. The van der Waals surface area contributed by atoms with Gasteiger partial charge in [-0.3, -0.25) is 4.98 Å². The predicted molar refractivity (Wildman–Crippen MR) is 71.9 cm³/mol. The molecule has 0 saturated heterocycles. The number of rotatable bonds is 3. The Kier molecular flexibility index (Phi) is 3.44. The summed E-state index contributed by atoms with van der Waals surface area (Å²) in [5.41, 5.74) is 9.65. The van der Waals surface area contributed by atoms with Gasteiger partial charge in [-0.25, -0.2) is 0 Å². The highest BCUT2D eigenvalue weighted by Crippen LogP contribution is 2.17. The second-order valence-corrected chi connectivity index (χ2v) is 4.03. The number of hydrogen-bond acceptors (Lipinski definition) is 4. The zero-order valence-electron chi connectivity index (χ0n) is 10.1.